The van der Waals surface area contributed by atoms with E-state index >= 15 is 0 Å². The lowest BCUT2D eigenvalue weighted by Gasteiger charge is -2.08. The summed E-state index contributed by atoms with van der Waals surface area (Å²) in [7, 11) is 0. The Morgan fingerprint density at radius 2 is 2.25 bits per heavy atom. The molecule has 0 bridgehead atoms. The van der Waals surface area contributed by atoms with Crippen molar-refractivity contribution in [2.75, 3.05) is 12.4 Å². The van der Waals surface area contributed by atoms with Crippen LogP contribution >= 0.6 is 11.8 Å². The van der Waals surface area contributed by atoms with E-state index in [-0.39, 0.29) is 12.4 Å². The Morgan fingerprint density at radius 1 is 1.56 bits per heavy atom. The Kier molecular flexibility index (Phi) is 5.28. The molecule has 0 radical (unpaired) electrons. The number of carboxylic acid groups (broad SMARTS) is 1. The molecule has 0 saturated heterocycles. The number of halogens is 1. The second kappa shape index (κ2) is 6.50. The molecule has 0 aliphatic rings. The minimum atomic E-state index is -0.990. The van der Waals surface area contributed by atoms with Gasteiger partial charge in [-0.1, -0.05) is 12.1 Å². The Balaban J connectivity index is 2.26. The van der Waals surface area contributed by atoms with Crippen LogP contribution in [0.15, 0.2) is 29.2 Å². The first-order valence-electron chi connectivity index (χ1n) is 4.83. The molecule has 0 aromatic heterocycles. The quantitative estimate of drug-likeness (QED) is 0.616. The summed E-state index contributed by atoms with van der Waals surface area (Å²) in [4.78, 5) is 11.0. The van der Waals surface area contributed by atoms with Crippen molar-refractivity contribution in [2.45, 2.75) is 17.9 Å². The first-order valence-corrected chi connectivity index (χ1v) is 5.81. The standard InChI is InChI=1S/C11H13FO3S/c1-8(11(13)14)15-6-7-16-10-5-3-2-4-9(10)12/h2-5,8H,6-7H2,1H3,(H,13,14)/t8-/m1/s1. The van der Waals surface area contributed by atoms with Crippen LogP contribution in [0.2, 0.25) is 0 Å². The molecule has 1 atom stereocenters. The molecule has 1 aromatic carbocycles. The van der Waals surface area contributed by atoms with Crippen LogP contribution in [-0.4, -0.2) is 29.5 Å². The van der Waals surface area contributed by atoms with Crippen LogP contribution in [0.25, 0.3) is 0 Å². The number of ether oxygens (including phenoxy) is 1. The van der Waals surface area contributed by atoms with Crippen molar-refractivity contribution in [2.24, 2.45) is 0 Å². The average molecular weight is 244 g/mol. The number of hydrogen-bond acceptors (Lipinski definition) is 3. The van der Waals surface area contributed by atoms with E-state index in [4.69, 9.17) is 9.84 Å². The lowest BCUT2D eigenvalue weighted by Crippen LogP contribution is -2.20. The molecule has 0 heterocycles. The van der Waals surface area contributed by atoms with E-state index in [1.165, 1.54) is 24.8 Å². The van der Waals surface area contributed by atoms with E-state index in [1.54, 1.807) is 18.2 Å². The van der Waals surface area contributed by atoms with E-state index in [1.807, 2.05) is 0 Å². The number of carboxylic acids is 1. The third kappa shape index (κ3) is 4.20. The van der Waals surface area contributed by atoms with Crippen molar-refractivity contribution >= 4 is 17.7 Å². The molecule has 0 spiro atoms. The monoisotopic (exact) mass is 244 g/mol. The molecule has 0 fully saturated rings. The smallest absolute Gasteiger partial charge is 0.332 e. The predicted octanol–water partition coefficient (Wildman–Crippen LogP) is 2.41. The van der Waals surface area contributed by atoms with Crippen LogP contribution in [0.3, 0.4) is 0 Å². The highest BCUT2D eigenvalue weighted by molar-refractivity contribution is 7.99. The number of thioether (sulfide) groups is 1. The highest BCUT2D eigenvalue weighted by Gasteiger charge is 2.10. The van der Waals surface area contributed by atoms with E-state index < -0.39 is 12.1 Å². The van der Waals surface area contributed by atoms with Crippen molar-refractivity contribution in [3.8, 4) is 0 Å². The Labute approximate surface area is 97.6 Å². The predicted molar refractivity (Wildman–Crippen MR) is 60.2 cm³/mol. The molecule has 1 aromatic rings. The molecule has 1 N–H and O–H groups in total. The highest BCUT2D eigenvalue weighted by Crippen LogP contribution is 2.20. The molecule has 5 heteroatoms. The van der Waals surface area contributed by atoms with Crippen molar-refractivity contribution in [3.05, 3.63) is 30.1 Å². The summed E-state index contributed by atoms with van der Waals surface area (Å²) in [5, 5.41) is 8.55. The second-order valence-electron chi connectivity index (χ2n) is 3.13. The lowest BCUT2D eigenvalue weighted by molar-refractivity contribution is -0.148. The molecule has 3 nitrogen and oxygen atoms in total. The Hall–Kier alpha value is -1.07. The first kappa shape index (κ1) is 13.0. The zero-order chi connectivity index (χ0) is 12.0. The zero-order valence-corrected chi connectivity index (χ0v) is 9.67. The molecule has 0 amide bonds. The van der Waals surface area contributed by atoms with Gasteiger partial charge in [-0.3, -0.25) is 0 Å². The lowest BCUT2D eigenvalue weighted by atomic mass is 10.3. The van der Waals surface area contributed by atoms with Gasteiger partial charge in [0.2, 0.25) is 0 Å². The van der Waals surface area contributed by atoms with Crippen molar-refractivity contribution in [1.82, 2.24) is 0 Å². The first-order chi connectivity index (χ1) is 7.61. The van der Waals surface area contributed by atoms with Crippen molar-refractivity contribution in [1.29, 1.82) is 0 Å². The molecule has 0 saturated carbocycles. The minimum Gasteiger partial charge on any atom is -0.479 e. The summed E-state index contributed by atoms with van der Waals surface area (Å²) in [6.07, 6.45) is -0.818. The number of hydrogen-bond donors (Lipinski definition) is 1. The summed E-state index contributed by atoms with van der Waals surface area (Å²) in [6, 6.07) is 6.46. The van der Waals surface area contributed by atoms with Gasteiger partial charge in [0, 0.05) is 10.6 Å². The summed E-state index contributed by atoms with van der Waals surface area (Å²) >= 11 is 1.31. The summed E-state index contributed by atoms with van der Waals surface area (Å²) in [6.45, 7) is 1.75. The van der Waals surface area contributed by atoms with Gasteiger partial charge in [-0.2, -0.15) is 0 Å². The fraction of sp³-hybridized carbons (Fsp3) is 0.364. The zero-order valence-electron chi connectivity index (χ0n) is 8.85. The number of benzene rings is 1. The van der Waals surface area contributed by atoms with Gasteiger partial charge in [0.15, 0.2) is 6.10 Å². The third-order valence-electron chi connectivity index (χ3n) is 1.89. The number of carbonyl (C=O) groups is 1. The van der Waals surface area contributed by atoms with Gasteiger partial charge in [-0.25, -0.2) is 9.18 Å². The maximum atomic E-state index is 13.1. The fourth-order valence-electron chi connectivity index (χ4n) is 1.01. The third-order valence-corrected chi connectivity index (χ3v) is 2.91. The molecule has 16 heavy (non-hydrogen) atoms. The van der Waals surface area contributed by atoms with E-state index in [0.29, 0.717) is 10.6 Å². The summed E-state index contributed by atoms with van der Waals surface area (Å²) in [5.74, 6) is -0.729. The van der Waals surface area contributed by atoms with Crippen LogP contribution in [0.4, 0.5) is 4.39 Å². The average Bonchev–Trinajstić information content (AvgIpc) is 2.26. The molecular weight excluding hydrogens is 231 g/mol. The van der Waals surface area contributed by atoms with E-state index in [0.717, 1.165) is 0 Å². The summed E-state index contributed by atoms with van der Waals surface area (Å²) < 4.78 is 18.2. The highest BCUT2D eigenvalue weighted by atomic mass is 32.2. The molecular formula is C11H13FO3S. The van der Waals surface area contributed by atoms with E-state index in [9.17, 15) is 9.18 Å². The summed E-state index contributed by atoms with van der Waals surface area (Å²) in [5.41, 5.74) is 0. The van der Waals surface area contributed by atoms with Crippen LogP contribution in [0.1, 0.15) is 6.92 Å². The van der Waals surface area contributed by atoms with Gasteiger partial charge < -0.3 is 9.84 Å². The van der Waals surface area contributed by atoms with Gasteiger partial charge in [-0.05, 0) is 19.1 Å². The SMILES string of the molecule is C[C@@H](OCCSc1ccccc1F)C(=O)O. The second-order valence-corrected chi connectivity index (χ2v) is 4.27. The minimum absolute atomic E-state index is 0.265. The fourth-order valence-corrected chi connectivity index (χ4v) is 1.79. The van der Waals surface area contributed by atoms with Gasteiger partial charge in [0.05, 0.1) is 6.61 Å². The maximum Gasteiger partial charge on any atom is 0.332 e. The number of rotatable bonds is 6. The van der Waals surface area contributed by atoms with Gasteiger partial charge in [0.1, 0.15) is 5.82 Å². The number of aliphatic carboxylic acids is 1. The van der Waals surface area contributed by atoms with E-state index in [2.05, 4.69) is 0 Å². The normalized spacial score (nSPS) is 12.4. The van der Waals surface area contributed by atoms with Crippen LogP contribution in [-0.2, 0) is 9.53 Å². The molecule has 88 valence electrons. The Morgan fingerprint density at radius 3 is 2.88 bits per heavy atom. The van der Waals surface area contributed by atoms with Crippen LogP contribution in [0.5, 0.6) is 0 Å². The molecule has 0 aliphatic heterocycles. The van der Waals surface area contributed by atoms with Gasteiger partial charge in [-0.15, -0.1) is 11.8 Å². The Bertz CT molecular complexity index is 357. The molecule has 1 rings (SSSR count). The van der Waals surface area contributed by atoms with Gasteiger partial charge in [0.25, 0.3) is 0 Å². The molecule has 0 aliphatic carbocycles. The van der Waals surface area contributed by atoms with Crippen LogP contribution in [0, 0.1) is 5.82 Å². The maximum absolute atomic E-state index is 13.1. The van der Waals surface area contributed by atoms with Crippen LogP contribution < -0.4 is 0 Å². The van der Waals surface area contributed by atoms with Crippen molar-refractivity contribution < 1.29 is 19.0 Å². The van der Waals surface area contributed by atoms with Crippen molar-refractivity contribution in [3.63, 3.8) is 0 Å². The molecule has 0 unspecified atom stereocenters. The topological polar surface area (TPSA) is 46.5 Å². The van der Waals surface area contributed by atoms with Gasteiger partial charge >= 0.3 is 5.97 Å². The largest absolute Gasteiger partial charge is 0.479 e.